The molecule has 0 saturated heterocycles. The molecule has 90 valence electrons. The fourth-order valence-corrected chi connectivity index (χ4v) is 1.87. The number of nitrogens with one attached hydrogen (secondary N) is 1. The van der Waals surface area contributed by atoms with E-state index in [4.69, 9.17) is 23.2 Å². The number of hydrogen-bond acceptors (Lipinski definition) is 3. The third kappa shape index (κ3) is 2.03. The molecule has 0 aliphatic rings. The molecule has 1 N–H and O–H groups in total. The second-order valence-electron chi connectivity index (χ2n) is 3.41. The summed E-state index contributed by atoms with van der Waals surface area (Å²) < 4.78 is 2.59. The summed E-state index contributed by atoms with van der Waals surface area (Å²) in [5, 5.41) is 7.80. The van der Waals surface area contributed by atoms with E-state index in [1.54, 1.807) is 32.3 Å². The maximum absolute atomic E-state index is 11.9. The number of rotatable bonds is 2. The average molecular weight is 273 g/mol. The van der Waals surface area contributed by atoms with Crippen molar-refractivity contribution in [2.45, 2.75) is 0 Å². The molecule has 1 heterocycles. The van der Waals surface area contributed by atoms with E-state index in [2.05, 4.69) is 10.4 Å². The second-order valence-corrected chi connectivity index (χ2v) is 4.25. The summed E-state index contributed by atoms with van der Waals surface area (Å²) in [6.45, 7) is 0. The van der Waals surface area contributed by atoms with Gasteiger partial charge in [0, 0.05) is 19.1 Å². The zero-order valence-electron chi connectivity index (χ0n) is 9.24. The largest absolute Gasteiger partial charge is 0.357 e. The molecule has 1 aromatic carbocycles. The summed E-state index contributed by atoms with van der Waals surface area (Å²) in [4.78, 5) is 11.9. The fourth-order valence-electron chi connectivity index (χ4n) is 1.50. The van der Waals surface area contributed by atoms with Crippen LogP contribution in [-0.2, 0) is 7.05 Å². The molecule has 0 unspecified atom stereocenters. The van der Waals surface area contributed by atoms with Crippen LogP contribution < -0.4 is 11.0 Å². The highest BCUT2D eigenvalue weighted by atomic mass is 35.5. The first-order valence-corrected chi connectivity index (χ1v) is 5.59. The van der Waals surface area contributed by atoms with Gasteiger partial charge in [-0.3, -0.25) is 0 Å². The zero-order chi connectivity index (χ0) is 12.6. The molecule has 0 saturated carbocycles. The highest BCUT2D eigenvalue weighted by Crippen LogP contribution is 2.24. The van der Waals surface area contributed by atoms with Crippen molar-refractivity contribution in [1.29, 1.82) is 0 Å². The molecule has 5 nitrogen and oxygen atoms in total. The van der Waals surface area contributed by atoms with Gasteiger partial charge in [-0.1, -0.05) is 23.2 Å². The van der Waals surface area contributed by atoms with Crippen LogP contribution in [0.4, 0.5) is 5.95 Å². The molecule has 2 aromatic rings. The number of benzene rings is 1. The van der Waals surface area contributed by atoms with Gasteiger partial charge in [-0.15, -0.1) is 5.10 Å². The van der Waals surface area contributed by atoms with Gasteiger partial charge in [-0.05, 0) is 18.2 Å². The molecular weight excluding hydrogens is 263 g/mol. The number of aromatic nitrogens is 3. The molecule has 0 bridgehead atoms. The fraction of sp³-hybridized carbons (Fsp3) is 0.200. The van der Waals surface area contributed by atoms with Crippen LogP contribution in [0.1, 0.15) is 0 Å². The Morgan fingerprint density at radius 3 is 2.71 bits per heavy atom. The van der Waals surface area contributed by atoms with Gasteiger partial charge in [-0.25, -0.2) is 14.0 Å². The van der Waals surface area contributed by atoms with Crippen molar-refractivity contribution in [3.8, 4) is 5.69 Å². The second kappa shape index (κ2) is 4.43. The third-order valence-electron chi connectivity index (χ3n) is 2.30. The normalized spacial score (nSPS) is 10.6. The molecule has 0 spiro atoms. The average Bonchev–Trinajstić information content (AvgIpc) is 2.59. The minimum Gasteiger partial charge on any atom is -0.357 e. The Morgan fingerprint density at radius 1 is 1.35 bits per heavy atom. The van der Waals surface area contributed by atoms with Crippen LogP contribution in [-0.4, -0.2) is 21.4 Å². The predicted molar refractivity (Wildman–Crippen MR) is 68.4 cm³/mol. The lowest BCUT2D eigenvalue weighted by Gasteiger charge is -2.07. The van der Waals surface area contributed by atoms with E-state index in [1.807, 2.05) is 0 Å². The highest BCUT2D eigenvalue weighted by molar-refractivity contribution is 6.34. The molecule has 0 amide bonds. The zero-order valence-corrected chi connectivity index (χ0v) is 10.7. The maximum Gasteiger partial charge on any atom is 0.351 e. The van der Waals surface area contributed by atoms with Gasteiger partial charge in [0.25, 0.3) is 0 Å². The molecule has 0 radical (unpaired) electrons. The van der Waals surface area contributed by atoms with Crippen molar-refractivity contribution in [2.75, 3.05) is 12.4 Å². The van der Waals surface area contributed by atoms with Gasteiger partial charge in [0.1, 0.15) is 0 Å². The summed E-state index contributed by atoms with van der Waals surface area (Å²) in [6, 6.07) is 4.92. The number of anilines is 1. The van der Waals surface area contributed by atoms with Gasteiger partial charge in [0.15, 0.2) is 0 Å². The Balaban J connectivity index is 2.76. The number of halogens is 2. The van der Waals surface area contributed by atoms with Crippen LogP contribution in [0.5, 0.6) is 0 Å². The Morgan fingerprint density at radius 2 is 2.06 bits per heavy atom. The van der Waals surface area contributed by atoms with E-state index >= 15 is 0 Å². The first kappa shape index (κ1) is 12.0. The van der Waals surface area contributed by atoms with Crippen molar-refractivity contribution in [3.63, 3.8) is 0 Å². The minimum absolute atomic E-state index is 0.293. The van der Waals surface area contributed by atoms with Crippen molar-refractivity contribution in [1.82, 2.24) is 14.3 Å². The van der Waals surface area contributed by atoms with Gasteiger partial charge in [0.05, 0.1) is 10.7 Å². The highest BCUT2D eigenvalue weighted by Gasteiger charge is 2.14. The molecule has 0 fully saturated rings. The molecule has 7 heteroatoms. The smallest absolute Gasteiger partial charge is 0.351 e. The summed E-state index contributed by atoms with van der Waals surface area (Å²) in [5.74, 6) is 0.404. The standard InChI is InChI=1S/C10H10Cl2N4O/c1-13-9-14-15(2)10(17)16(9)8-5-6(11)3-4-7(8)12/h3-5H,1-2H3,(H,13,14). The number of nitrogens with zero attached hydrogens (tertiary/aromatic N) is 3. The molecule has 2 rings (SSSR count). The molecule has 0 atom stereocenters. The molecule has 0 aliphatic carbocycles. The summed E-state index contributed by atoms with van der Waals surface area (Å²) in [6.07, 6.45) is 0. The summed E-state index contributed by atoms with van der Waals surface area (Å²) >= 11 is 12.0. The number of hydrogen-bond donors (Lipinski definition) is 1. The van der Waals surface area contributed by atoms with Crippen molar-refractivity contribution in [2.24, 2.45) is 7.05 Å². The van der Waals surface area contributed by atoms with E-state index in [9.17, 15) is 4.79 Å². The van der Waals surface area contributed by atoms with Crippen LogP contribution in [0.15, 0.2) is 23.0 Å². The monoisotopic (exact) mass is 272 g/mol. The Labute approximate surface area is 108 Å². The summed E-state index contributed by atoms with van der Waals surface area (Å²) in [7, 11) is 3.24. The molecule has 1 aromatic heterocycles. The van der Waals surface area contributed by atoms with Crippen LogP contribution in [0.2, 0.25) is 10.0 Å². The van der Waals surface area contributed by atoms with Crippen LogP contribution in [0.25, 0.3) is 5.69 Å². The predicted octanol–water partition coefficient (Wildman–Crippen LogP) is 1.92. The van der Waals surface area contributed by atoms with Gasteiger partial charge < -0.3 is 5.32 Å². The van der Waals surface area contributed by atoms with Crippen molar-refractivity contribution < 1.29 is 0 Å². The lowest BCUT2D eigenvalue weighted by Crippen LogP contribution is -2.22. The lowest BCUT2D eigenvalue weighted by atomic mass is 10.3. The van der Waals surface area contributed by atoms with Crippen molar-refractivity contribution in [3.05, 3.63) is 38.7 Å². The molecular formula is C10H10Cl2N4O. The van der Waals surface area contributed by atoms with Crippen molar-refractivity contribution >= 4 is 29.2 Å². The van der Waals surface area contributed by atoms with Gasteiger partial charge in [0.2, 0.25) is 5.95 Å². The quantitative estimate of drug-likeness (QED) is 0.909. The van der Waals surface area contributed by atoms with E-state index in [-0.39, 0.29) is 5.69 Å². The van der Waals surface area contributed by atoms with Gasteiger partial charge in [-0.2, -0.15) is 0 Å². The van der Waals surface area contributed by atoms with Crippen LogP contribution in [0.3, 0.4) is 0 Å². The first-order valence-electron chi connectivity index (χ1n) is 4.84. The van der Waals surface area contributed by atoms with E-state index in [1.165, 1.54) is 9.25 Å². The Hall–Kier alpha value is -1.46. The number of aryl methyl sites for hydroxylation is 1. The Kier molecular flexibility index (Phi) is 3.13. The third-order valence-corrected chi connectivity index (χ3v) is 2.85. The molecule has 0 aliphatic heterocycles. The SMILES string of the molecule is CNc1nn(C)c(=O)n1-c1cc(Cl)ccc1Cl. The minimum atomic E-state index is -0.293. The maximum atomic E-state index is 11.9. The van der Waals surface area contributed by atoms with Crippen LogP contribution >= 0.6 is 23.2 Å². The van der Waals surface area contributed by atoms with Crippen LogP contribution in [0, 0.1) is 0 Å². The van der Waals surface area contributed by atoms with Gasteiger partial charge >= 0.3 is 5.69 Å². The van der Waals surface area contributed by atoms with E-state index in [0.29, 0.717) is 21.7 Å². The first-order chi connectivity index (χ1) is 8.04. The van der Waals surface area contributed by atoms with E-state index < -0.39 is 0 Å². The topological polar surface area (TPSA) is 51.9 Å². The van der Waals surface area contributed by atoms with E-state index in [0.717, 1.165) is 0 Å². The lowest BCUT2D eigenvalue weighted by molar-refractivity contribution is 0.727. The summed E-state index contributed by atoms with van der Waals surface area (Å²) in [5.41, 5.74) is 0.208. The molecule has 17 heavy (non-hydrogen) atoms. The Bertz CT molecular complexity index is 617.